The van der Waals surface area contributed by atoms with E-state index < -0.39 is 5.97 Å². The summed E-state index contributed by atoms with van der Waals surface area (Å²) in [6, 6.07) is 14.2. The standard InChI is InChI=1S/C22H23N3O4/c1-2-13-28-16-9-7-15(8-10-16)19(26)11-12-21(27)29-14-20-24-18-6-4-3-5-17(18)22(23)25-20/h3-10H,2,11-14H2,1H3,(H2,23,24,25). The SMILES string of the molecule is CCCOc1ccc(C(=O)CCC(=O)OCc2nc(N)c3ccccc3n2)cc1. The van der Waals surface area contributed by atoms with Crippen LogP contribution < -0.4 is 10.5 Å². The molecule has 2 N–H and O–H groups in total. The number of carbonyl (C=O) groups excluding carboxylic acids is 2. The zero-order valence-electron chi connectivity index (χ0n) is 16.3. The van der Waals surface area contributed by atoms with Crippen molar-refractivity contribution in [2.45, 2.75) is 32.8 Å². The summed E-state index contributed by atoms with van der Waals surface area (Å²) in [5, 5.41) is 0.749. The van der Waals surface area contributed by atoms with E-state index in [9.17, 15) is 9.59 Å². The van der Waals surface area contributed by atoms with E-state index in [4.69, 9.17) is 15.2 Å². The molecule has 2 aromatic carbocycles. The fourth-order valence-corrected chi connectivity index (χ4v) is 2.75. The third-order valence-corrected chi connectivity index (χ3v) is 4.25. The van der Waals surface area contributed by atoms with Crippen molar-refractivity contribution in [3.05, 3.63) is 59.9 Å². The summed E-state index contributed by atoms with van der Waals surface area (Å²) in [5.41, 5.74) is 7.14. The van der Waals surface area contributed by atoms with E-state index in [1.54, 1.807) is 24.3 Å². The van der Waals surface area contributed by atoms with E-state index in [2.05, 4.69) is 9.97 Å². The molecule has 0 fully saturated rings. The molecule has 0 radical (unpaired) electrons. The van der Waals surface area contributed by atoms with Crippen molar-refractivity contribution in [3.63, 3.8) is 0 Å². The van der Waals surface area contributed by atoms with Crippen LogP contribution in [0.5, 0.6) is 5.75 Å². The Labute approximate surface area is 168 Å². The topological polar surface area (TPSA) is 104 Å². The number of ether oxygens (including phenoxy) is 2. The number of hydrogen-bond donors (Lipinski definition) is 1. The molecule has 0 aliphatic heterocycles. The molecule has 3 aromatic rings. The number of nitrogens with zero attached hydrogens (tertiary/aromatic N) is 2. The highest BCUT2D eigenvalue weighted by molar-refractivity contribution is 5.97. The van der Waals surface area contributed by atoms with Crippen molar-refractivity contribution in [3.8, 4) is 5.75 Å². The number of nitrogens with two attached hydrogens (primary N) is 1. The van der Waals surface area contributed by atoms with Gasteiger partial charge in [-0.1, -0.05) is 19.1 Å². The molecule has 0 atom stereocenters. The molecule has 150 valence electrons. The molecular weight excluding hydrogens is 370 g/mol. The highest BCUT2D eigenvalue weighted by Gasteiger charge is 2.12. The molecule has 0 aliphatic rings. The molecule has 7 nitrogen and oxygen atoms in total. The summed E-state index contributed by atoms with van der Waals surface area (Å²) in [6.45, 7) is 2.56. The predicted molar refractivity (Wildman–Crippen MR) is 110 cm³/mol. The number of rotatable bonds is 9. The quantitative estimate of drug-likeness (QED) is 0.436. The summed E-state index contributed by atoms with van der Waals surface area (Å²) < 4.78 is 10.7. The second-order valence-electron chi connectivity index (χ2n) is 6.50. The average molecular weight is 393 g/mol. The van der Waals surface area contributed by atoms with Gasteiger partial charge in [0.2, 0.25) is 0 Å². The van der Waals surface area contributed by atoms with Gasteiger partial charge in [-0.15, -0.1) is 0 Å². The van der Waals surface area contributed by atoms with Gasteiger partial charge in [-0.3, -0.25) is 9.59 Å². The molecule has 0 unspecified atom stereocenters. The molecule has 29 heavy (non-hydrogen) atoms. The zero-order chi connectivity index (χ0) is 20.6. The highest BCUT2D eigenvalue weighted by Crippen LogP contribution is 2.18. The summed E-state index contributed by atoms with van der Waals surface area (Å²) >= 11 is 0. The molecule has 0 bridgehead atoms. The molecule has 7 heteroatoms. The van der Waals surface area contributed by atoms with Gasteiger partial charge in [0, 0.05) is 17.4 Å². The normalized spacial score (nSPS) is 10.7. The van der Waals surface area contributed by atoms with Gasteiger partial charge in [-0.2, -0.15) is 0 Å². The van der Waals surface area contributed by atoms with Gasteiger partial charge >= 0.3 is 5.97 Å². The van der Waals surface area contributed by atoms with Gasteiger partial charge in [0.15, 0.2) is 18.2 Å². The van der Waals surface area contributed by atoms with E-state index in [-0.39, 0.29) is 25.2 Å². The lowest BCUT2D eigenvalue weighted by Gasteiger charge is -2.07. The Balaban J connectivity index is 1.49. The van der Waals surface area contributed by atoms with Crippen LogP contribution in [0.15, 0.2) is 48.5 Å². The molecule has 0 amide bonds. The van der Waals surface area contributed by atoms with Crippen LogP contribution in [-0.4, -0.2) is 28.3 Å². The molecule has 3 rings (SSSR count). The van der Waals surface area contributed by atoms with Gasteiger partial charge in [-0.05, 0) is 42.8 Å². The van der Waals surface area contributed by atoms with Gasteiger partial charge in [-0.25, -0.2) is 9.97 Å². The maximum Gasteiger partial charge on any atom is 0.306 e. The number of hydrogen-bond acceptors (Lipinski definition) is 7. The predicted octanol–water partition coefficient (Wildman–Crippen LogP) is 3.71. The lowest BCUT2D eigenvalue weighted by Crippen LogP contribution is -2.10. The largest absolute Gasteiger partial charge is 0.494 e. The summed E-state index contributed by atoms with van der Waals surface area (Å²) in [4.78, 5) is 32.7. The Morgan fingerprint density at radius 3 is 2.52 bits per heavy atom. The van der Waals surface area contributed by atoms with Crippen LogP contribution in [0.3, 0.4) is 0 Å². The molecule has 0 spiro atoms. The lowest BCUT2D eigenvalue weighted by atomic mass is 10.1. The second kappa shape index (κ2) is 9.64. The first-order valence-electron chi connectivity index (χ1n) is 9.49. The number of ketones is 1. The Morgan fingerprint density at radius 1 is 1.00 bits per heavy atom. The number of benzene rings is 2. The van der Waals surface area contributed by atoms with Crippen molar-refractivity contribution in [1.82, 2.24) is 9.97 Å². The van der Waals surface area contributed by atoms with Crippen molar-refractivity contribution >= 4 is 28.5 Å². The third kappa shape index (κ3) is 5.51. The number of aromatic nitrogens is 2. The summed E-state index contributed by atoms with van der Waals surface area (Å²) in [7, 11) is 0. The van der Waals surface area contributed by atoms with Gasteiger partial charge < -0.3 is 15.2 Å². The van der Waals surface area contributed by atoms with Gasteiger partial charge in [0.1, 0.15) is 11.6 Å². The van der Waals surface area contributed by atoms with Crippen molar-refractivity contribution in [1.29, 1.82) is 0 Å². The average Bonchev–Trinajstić information content (AvgIpc) is 2.75. The summed E-state index contributed by atoms with van der Waals surface area (Å²) in [5.74, 6) is 0.760. The minimum atomic E-state index is -0.489. The number of Topliss-reactive ketones (excluding diaryl/α,β-unsaturated/α-hetero) is 1. The van der Waals surface area contributed by atoms with Crippen molar-refractivity contribution < 1.29 is 19.1 Å². The molecular formula is C22H23N3O4. The number of nitrogen functional groups attached to an aromatic ring is 1. The van der Waals surface area contributed by atoms with Crippen LogP contribution in [0.1, 0.15) is 42.4 Å². The van der Waals surface area contributed by atoms with Crippen LogP contribution in [0.2, 0.25) is 0 Å². The Bertz CT molecular complexity index is 1000. The smallest absolute Gasteiger partial charge is 0.306 e. The zero-order valence-corrected chi connectivity index (χ0v) is 16.3. The second-order valence-corrected chi connectivity index (χ2v) is 6.50. The first-order valence-corrected chi connectivity index (χ1v) is 9.49. The third-order valence-electron chi connectivity index (χ3n) is 4.25. The Hall–Kier alpha value is -3.48. The van der Waals surface area contributed by atoms with Crippen LogP contribution in [0.25, 0.3) is 10.9 Å². The molecule has 1 aromatic heterocycles. The van der Waals surface area contributed by atoms with Crippen LogP contribution >= 0.6 is 0 Å². The first-order chi connectivity index (χ1) is 14.1. The molecule has 0 aliphatic carbocycles. The number of esters is 1. The highest BCUT2D eigenvalue weighted by atomic mass is 16.5. The number of fused-ring (bicyclic) bond motifs is 1. The molecule has 1 heterocycles. The van der Waals surface area contributed by atoms with E-state index >= 15 is 0 Å². The molecule has 0 saturated carbocycles. The maximum atomic E-state index is 12.2. The van der Waals surface area contributed by atoms with E-state index in [0.717, 1.165) is 17.6 Å². The number of para-hydroxylation sites is 1. The van der Waals surface area contributed by atoms with Gasteiger partial charge in [0.05, 0.1) is 18.5 Å². The minimum absolute atomic E-state index is 0.0179. The van der Waals surface area contributed by atoms with Crippen molar-refractivity contribution in [2.75, 3.05) is 12.3 Å². The lowest BCUT2D eigenvalue weighted by molar-refractivity contribution is -0.145. The van der Waals surface area contributed by atoms with E-state index in [1.807, 2.05) is 31.2 Å². The fraction of sp³-hybridized carbons (Fsp3) is 0.273. The van der Waals surface area contributed by atoms with Crippen LogP contribution in [0.4, 0.5) is 5.82 Å². The molecule has 0 saturated heterocycles. The summed E-state index contributed by atoms with van der Waals surface area (Å²) in [6.07, 6.45) is 0.963. The Kier molecular flexibility index (Phi) is 6.73. The maximum absolute atomic E-state index is 12.2. The fourth-order valence-electron chi connectivity index (χ4n) is 2.75. The van der Waals surface area contributed by atoms with Crippen molar-refractivity contribution in [2.24, 2.45) is 0 Å². The van der Waals surface area contributed by atoms with Gasteiger partial charge in [0.25, 0.3) is 0 Å². The Morgan fingerprint density at radius 2 is 1.76 bits per heavy atom. The van der Waals surface area contributed by atoms with E-state index in [0.29, 0.717) is 29.3 Å². The minimum Gasteiger partial charge on any atom is -0.494 e. The van der Waals surface area contributed by atoms with E-state index in [1.165, 1.54) is 0 Å². The number of carbonyl (C=O) groups is 2. The van der Waals surface area contributed by atoms with Crippen LogP contribution in [0, 0.1) is 0 Å². The monoisotopic (exact) mass is 393 g/mol. The first kappa shape index (κ1) is 20.3. The van der Waals surface area contributed by atoms with Crippen LogP contribution in [-0.2, 0) is 16.1 Å². The number of anilines is 1.